The van der Waals surface area contributed by atoms with Gasteiger partial charge in [-0.25, -0.2) is 0 Å². The molecule has 1 aliphatic rings. The van der Waals surface area contributed by atoms with E-state index in [1.54, 1.807) is 20.3 Å². The molecule has 0 amide bonds. The number of nitrogens with one attached hydrogen (secondary N) is 1. The average Bonchev–Trinajstić information content (AvgIpc) is 2.92. The van der Waals surface area contributed by atoms with Gasteiger partial charge >= 0.3 is 0 Å². The van der Waals surface area contributed by atoms with Crippen LogP contribution in [-0.2, 0) is 6.42 Å². The number of hydrogen-bond acceptors (Lipinski definition) is 3. The first kappa shape index (κ1) is 14.1. The molecule has 0 heterocycles. The number of rotatable bonds is 4. The number of halogens is 1. The molecule has 1 unspecified atom stereocenters. The van der Waals surface area contributed by atoms with Crippen LogP contribution in [0.2, 0.25) is 5.02 Å². The van der Waals surface area contributed by atoms with Gasteiger partial charge in [0, 0.05) is 12.1 Å². The Balaban J connectivity index is 1.92. The predicted octanol–water partition coefficient (Wildman–Crippen LogP) is 4.46. The minimum Gasteiger partial charge on any atom is -0.495 e. The second-order valence-electron chi connectivity index (χ2n) is 5.12. The summed E-state index contributed by atoms with van der Waals surface area (Å²) in [7, 11) is 3.26. The fourth-order valence-corrected chi connectivity index (χ4v) is 3.10. The van der Waals surface area contributed by atoms with Gasteiger partial charge in [0.15, 0.2) is 0 Å². The Morgan fingerprint density at radius 1 is 1.10 bits per heavy atom. The maximum Gasteiger partial charge on any atom is 0.143 e. The van der Waals surface area contributed by atoms with Crippen molar-refractivity contribution in [3.8, 4) is 11.5 Å². The minimum absolute atomic E-state index is 0.293. The van der Waals surface area contributed by atoms with Gasteiger partial charge in [-0.1, -0.05) is 35.9 Å². The molecule has 0 radical (unpaired) electrons. The summed E-state index contributed by atoms with van der Waals surface area (Å²) >= 11 is 6.15. The Hall–Kier alpha value is -1.87. The molecule has 0 saturated heterocycles. The van der Waals surface area contributed by atoms with Crippen molar-refractivity contribution in [3.63, 3.8) is 0 Å². The molecule has 0 fully saturated rings. The van der Waals surface area contributed by atoms with Crippen LogP contribution in [-0.4, -0.2) is 14.2 Å². The van der Waals surface area contributed by atoms with Gasteiger partial charge in [0.25, 0.3) is 0 Å². The highest BCUT2D eigenvalue weighted by Crippen LogP contribution is 2.40. The van der Waals surface area contributed by atoms with E-state index in [1.807, 2.05) is 6.07 Å². The summed E-state index contributed by atoms with van der Waals surface area (Å²) in [6, 6.07) is 12.5. The lowest BCUT2D eigenvalue weighted by atomic mass is 10.1. The van der Waals surface area contributed by atoms with E-state index >= 15 is 0 Å². The van der Waals surface area contributed by atoms with Gasteiger partial charge in [-0.15, -0.1) is 0 Å². The molecule has 21 heavy (non-hydrogen) atoms. The minimum atomic E-state index is 0.293. The number of fused-ring (bicyclic) bond motifs is 1. The van der Waals surface area contributed by atoms with Gasteiger partial charge in [0.2, 0.25) is 0 Å². The molecule has 0 spiro atoms. The molecule has 3 nitrogen and oxygen atoms in total. The number of benzene rings is 2. The number of methoxy groups -OCH3 is 2. The average molecular weight is 304 g/mol. The van der Waals surface area contributed by atoms with Crippen molar-refractivity contribution >= 4 is 17.3 Å². The van der Waals surface area contributed by atoms with Crippen LogP contribution in [0.15, 0.2) is 36.4 Å². The van der Waals surface area contributed by atoms with E-state index in [4.69, 9.17) is 21.1 Å². The zero-order chi connectivity index (χ0) is 14.8. The molecule has 0 aromatic heterocycles. The Kier molecular flexibility index (Phi) is 3.93. The van der Waals surface area contributed by atoms with E-state index in [0.29, 0.717) is 16.8 Å². The maximum atomic E-state index is 6.15. The van der Waals surface area contributed by atoms with E-state index in [-0.39, 0.29) is 0 Å². The third-order valence-corrected chi connectivity index (χ3v) is 4.23. The molecule has 0 bridgehead atoms. The second-order valence-corrected chi connectivity index (χ2v) is 5.53. The molecule has 2 aromatic rings. The summed E-state index contributed by atoms with van der Waals surface area (Å²) < 4.78 is 10.7. The van der Waals surface area contributed by atoms with Crippen molar-refractivity contribution in [1.29, 1.82) is 0 Å². The summed E-state index contributed by atoms with van der Waals surface area (Å²) in [6.07, 6.45) is 2.17. The number of ether oxygens (including phenoxy) is 2. The van der Waals surface area contributed by atoms with E-state index in [2.05, 4.69) is 29.6 Å². The lowest BCUT2D eigenvalue weighted by molar-refractivity contribution is 0.404. The summed E-state index contributed by atoms with van der Waals surface area (Å²) in [5, 5.41) is 4.10. The van der Waals surface area contributed by atoms with Crippen LogP contribution in [0.1, 0.15) is 23.6 Å². The first-order chi connectivity index (χ1) is 10.2. The second kappa shape index (κ2) is 5.86. The number of aryl methyl sites for hydroxylation is 1. The van der Waals surface area contributed by atoms with Gasteiger partial charge < -0.3 is 14.8 Å². The standard InChI is InChI=1S/C17H18ClNO2/c1-20-16-10-15(17(21-2)9-13(16)18)19-14-8-7-11-5-3-4-6-12(11)14/h3-6,9-10,14,19H,7-8H2,1-2H3. The van der Waals surface area contributed by atoms with Gasteiger partial charge in [0.1, 0.15) is 11.5 Å². The largest absolute Gasteiger partial charge is 0.495 e. The van der Waals surface area contributed by atoms with E-state index in [0.717, 1.165) is 24.3 Å². The molecule has 1 atom stereocenters. The Morgan fingerprint density at radius 3 is 2.62 bits per heavy atom. The molecular weight excluding hydrogens is 286 g/mol. The fraction of sp³-hybridized carbons (Fsp3) is 0.294. The Labute approximate surface area is 129 Å². The highest BCUT2D eigenvalue weighted by molar-refractivity contribution is 6.32. The van der Waals surface area contributed by atoms with Crippen molar-refractivity contribution in [2.45, 2.75) is 18.9 Å². The van der Waals surface area contributed by atoms with Crippen molar-refractivity contribution < 1.29 is 9.47 Å². The van der Waals surface area contributed by atoms with Gasteiger partial charge in [-0.2, -0.15) is 0 Å². The summed E-state index contributed by atoms with van der Waals surface area (Å²) in [5.41, 5.74) is 3.67. The lowest BCUT2D eigenvalue weighted by Crippen LogP contribution is -2.08. The monoisotopic (exact) mass is 303 g/mol. The van der Waals surface area contributed by atoms with Crippen LogP contribution < -0.4 is 14.8 Å². The highest BCUT2D eigenvalue weighted by atomic mass is 35.5. The first-order valence-electron chi connectivity index (χ1n) is 6.98. The van der Waals surface area contributed by atoms with Crippen LogP contribution in [0.5, 0.6) is 11.5 Å². The zero-order valence-corrected chi connectivity index (χ0v) is 12.9. The smallest absolute Gasteiger partial charge is 0.143 e. The molecule has 0 aliphatic heterocycles. The first-order valence-corrected chi connectivity index (χ1v) is 7.36. The maximum absolute atomic E-state index is 6.15. The molecule has 1 aliphatic carbocycles. The SMILES string of the molecule is COc1cc(NC2CCc3ccccc32)c(OC)cc1Cl. The van der Waals surface area contributed by atoms with Crippen LogP contribution in [0.25, 0.3) is 0 Å². The van der Waals surface area contributed by atoms with Crippen LogP contribution in [0.3, 0.4) is 0 Å². The van der Waals surface area contributed by atoms with Gasteiger partial charge in [-0.3, -0.25) is 0 Å². The molecular formula is C17H18ClNO2. The quantitative estimate of drug-likeness (QED) is 0.905. The molecule has 2 aromatic carbocycles. The van der Waals surface area contributed by atoms with E-state index < -0.39 is 0 Å². The fourth-order valence-electron chi connectivity index (χ4n) is 2.87. The third-order valence-electron chi connectivity index (χ3n) is 3.94. The molecule has 4 heteroatoms. The van der Waals surface area contributed by atoms with Crippen LogP contribution in [0, 0.1) is 0 Å². The summed E-state index contributed by atoms with van der Waals surface area (Å²) in [6.45, 7) is 0. The molecule has 3 rings (SSSR count). The molecule has 0 saturated carbocycles. The summed E-state index contributed by atoms with van der Waals surface area (Å²) in [4.78, 5) is 0. The van der Waals surface area contributed by atoms with Crippen molar-refractivity contribution in [2.75, 3.05) is 19.5 Å². The zero-order valence-electron chi connectivity index (χ0n) is 12.2. The number of hydrogen-bond donors (Lipinski definition) is 1. The lowest BCUT2D eigenvalue weighted by Gasteiger charge is -2.19. The molecule has 110 valence electrons. The highest BCUT2D eigenvalue weighted by Gasteiger charge is 2.23. The number of anilines is 1. The van der Waals surface area contributed by atoms with Crippen molar-refractivity contribution in [1.82, 2.24) is 0 Å². The van der Waals surface area contributed by atoms with Crippen molar-refractivity contribution in [3.05, 3.63) is 52.5 Å². The van der Waals surface area contributed by atoms with Crippen LogP contribution >= 0.6 is 11.6 Å². The van der Waals surface area contributed by atoms with Crippen LogP contribution in [0.4, 0.5) is 5.69 Å². The van der Waals surface area contributed by atoms with E-state index in [9.17, 15) is 0 Å². The summed E-state index contributed by atoms with van der Waals surface area (Å²) in [5.74, 6) is 1.37. The third kappa shape index (κ3) is 2.66. The Morgan fingerprint density at radius 2 is 1.86 bits per heavy atom. The Bertz CT molecular complexity index is 657. The molecule has 1 N–H and O–H groups in total. The normalized spacial score (nSPS) is 16.4. The van der Waals surface area contributed by atoms with Crippen molar-refractivity contribution in [2.24, 2.45) is 0 Å². The van der Waals surface area contributed by atoms with Gasteiger partial charge in [-0.05, 0) is 24.0 Å². The van der Waals surface area contributed by atoms with Gasteiger partial charge in [0.05, 0.1) is 31.0 Å². The predicted molar refractivity (Wildman–Crippen MR) is 85.7 cm³/mol. The van der Waals surface area contributed by atoms with E-state index in [1.165, 1.54) is 11.1 Å². The topological polar surface area (TPSA) is 30.5 Å².